The van der Waals surface area contributed by atoms with Crippen molar-refractivity contribution in [2.45, 2.75) is 17.6 Å². The number of hydrogen-bond donors (Lipinski definition) is 2. The number of hydrogen-bond acceptors (Lipinski definition) is 4. The van der Waals surface area contributed by atoms with Gasteiger partial charge in [-0.3, -0.25) is 4.79 Å². The molecule has 1 amide bonds. The number of thiocarbonyl (C=S) groups is 1. The number of nitrogens with zero attached hydrogens (tertiary/aromatic N) is 1. The Morgan fingerprint density at radius 3 is 2.57 bits per heavy atom. The number of thioether (sulfide) groups is 1. The summed E-state index contributed by atoms with van der Waals surface area (Å²) in [5, 5.41) is 9.70. The standard InChI is InChI=1S/C14H17FN2O2S2/c1-21-14(13(16)20)5-7-17(8-6-14)12(19)11-9(15)3-2-4-10(11)18/h2-4,18H,5-8H2,1H3,(H2,16,20). The maximum absolute atomic E-state index is 13.7. The van der Waals surface area contributed by atoms with Gasteiger partial charge in [-0.1, -0.05) is 18.3 Å². The number of carbonyl (C=O) groups is 1. The summed E-state index contributed by atoms with van der Waals surface area (Å²) in [5.74, 6) is -1.55. The van der Waals surface area contributed by atoms with Crippen molar-refractivity contribution in [1.82, 2.24) is 4.90 Å². The van der Waals surface area contributed by atoms with E-state index in [0.717, 1.165) is 6.07 Å². The maximum atomic E-state index is 13.7. The van der Waals surface area contributed by atoms with Crippen molar-refractivity contribution < 1.29 is 14.3 Å². The molecule has 0 aliphatic carbocycles. The lowest BCUT2D eigenvalue weighted by Gasteiger charge is -2.40. The molecule has 1 aliphatic rings. The second-order valence-electron chi connectivity index (χ2n) is 4.99. The average molecular weight is 328 g/mol. The van der Waals surface area contributed by atoms with E-state index in [-0.39, 0.29) is 16.1 Å². The van der Waals surface area contributed by atoms with E-state index < -0.39 is 11.7 Å². The third kappa shape index (κ3) is 2.98. The van der Waals surface area contributed by atoms with Crippen molar-refractivity contribution in [1.29, 1.82) is 0 Å². The SMILES string of the molecule is CSC1(C(N)=S)CCN(C(=O)c2c(O)cccc2F)CC1. The number of phenols is 1. The van der Waals surface area contributed by atoms with Gasteiger partial charge in [0, 0.05) is 13.1 Å². The first-order valence-electron chi connectivity index (χ1n) is 6.53. The molecule has 1 heterocycles. The molecule has 1 aromatic rings. The van der Waals surface area contributed by atoms with Gasteiger partial charge in [0.1, 0.15) is 17.1 Å². The Balaban J connectivity index is 2.16. The summed E-state index contributed by atoms with van der Waals surface area (Å²) in [7, 11) is 0. The Hall–Kier alpha value is -1.34. The normalized spacial score (nSPS) is 17.5. The van der Waals surface area contributed by atoms with Crippen molar-refractivity contribution in [3.05, 3.63) is 29.6 Å². The summed E-state index contributed by atoms with van der Waals surface area (Å²) in [6.45, 7) is 0.871. The number of benzene rings is 1. The van der Waals surface area contributed by atoms with Crippen LogP contribution in [0.3, 0.4) is 0 Å². The Bertz CT molecular complexity index is 552. The maximum Gasteiger partial charge on any atom is 0.260 e. The molecule has 1 aliphatic heterocycles. The van der Waals surface area contributed by atoms with Crippen molar-refractivity contribution in [3.8, 4) is 5.75 Å². The minimum atomic E-state index is -0.712. The molecular weight excluding hydrogens is 311 g/mol. The first-order chi connectivity index (χ1) is 9.91. The molecule has 1 saturated heterocycles. The van der Waals surface area contributed by atoms with Gasteiger partial charge in [-0.15, -0.1) is 0 Å². The van der Waals surface area contributed by atoms with Gasteiger partial charge < -0.3 is 15.7 Å². The lowest BCUT2D eigenvalue weighted by molar-refractivity contribution is 0.0711. The Morgan fingerprint density at radius 1 is 1.48 bits per heavy atom. The highest BCUT2D eigenvalue weighted by atomic mass is 32.2. The van der Waals surface area contributed by atoms with Gasteiger partial charge in [0.15, 0.2) is 0 Å². The van der Waals surface area contributed by atoms with Gasteiger partial charge in [-0.05, 0) is 31.2 Å². The highest BCUT2D eigenvalue weighted by Crippen LogP contribution is 2.35. The van der Waals surface area contributed by atoms with Crippen LogP contribution in [0.15, 0.2) is 18.2 Å². The molecule has 21 heavy (non-hydrogen) atoms. The zero-order valence-electron chi connectivity index (χ0n) is 11.6. The van der Waals surface area contributed by atoms with Gasteiger partial charge in [-0.2, -0.15) is 11.8 Å². The van der Waals surface area contributed by atoms with E-state index in [9.17, 15) is 14.3 Å². The fraction of sp³-hybridized carbons (Fsp3) is 0.429. The number of piperidine rings is 1. The number of carbonyl (C=O) groups excluding carboxylic acids is 1. The highest BCUT2D eigenvalue weighted by molar-refractivity contribution is 8.02. The molecule has 1 fully saturated rings. The first-order valence-corrected chi connectivity index (χ1v) is 8.16. The molecule has 3 N–H and O–H groups in total. The smallest absolute Gasteiger partial charge is 0.260 e. The Labute approximate surface area is 132 Å². The average Bonchev–Trinajstić information content (AvgIpc) is 2.46. The summed E-state index contributed by atoms with van der Waals surface area (Å²) in [6.07, 6.45) is 3.20. The number of amides is 1. The predicted octanol–water partition coefficient (Wildman–Crippen LogP) is 2.16. The monoisotopic (exact) mass is 328 g/mol. The summed E-state index contributed by atoms with van der Waals surface area (Å²) >= 11 is 6.71. The van der Waals surface area contributed by atoms with E-state index in [4.69, 9.17) is 18.0 Å². The van der Waals surface area contributed by atoms with Crippen molar-refractivity contribution >= 4 is 34.9 Å². The van der Waals surface area contributed by atoms with Crippen molar-refractivity contribution in [2.24, 2.45) is 5.73 Å². The largest absolute Gasteiger partial charge is 0.507 e. The zero-order chi connectivity index (χ0) is 15.6. The minimum absolute atomic E-state index is 0.274. The second-order valence-corrected chi connectivity index (χ2v) is 6.62. The molecule has 0 atom stereocenters. The summed E-state index contributed by atoms with van der Waals surface area (Å²) in [5.41, 5.74) is 5.53. The third-order valence-electron chi connectivity index (χ3n) is 3.90. The molecule has 0 unspecified atom stereocenters. The van der Waals surface area contributed by atoms with Crippen LogP contribution in [0.4, 0.5) is 4.39 Å². The molecule has 0 aromatic heterocycles. The van der Waals surface area contributed by atoms with Crippen LogP contribution in [0.5, 0.6) is 5.75 Å². The molecule has 4 nitrogen and oxygen atoms in total. The van der Waals surface area contributed by atoms with Crippen LogP contribution in [0, 0.1) is 5.82 Å². The van der Waals surface area contributed by atoms with Crippen LogP contribution in [0.1, 0.15) is 23.2 Å². The number of aromatic hydroxyl groups is 1. The molecule has 1 aromatic carbocycles. The Morgan fingerprint density at radius 2 is 2.10 bits per heavy atom. The van der Waals surface area contributed by atoms with E-state index in [0.29, 0.717) is 30.9 Å². The van der Waals surface area contributed by atoms with E-state index >= 15 is 0 Å². The van der Waals surface area contributed by atoms with E-state index in [1.54, 1.807) is 11.8 Å². The molecule has 0 radical (unpaired) electrons. The highest BCUT2D eigenvalue weighted by Gasteiger charge is 2.38. The third-order valence-corrected chi connectivity index (χ3v) is 5.83. The van der Waals surface area contributed by atoms with Gasteiger partial charge >= 0.3 is 0 Å². The number of halogens is 1. The van der Waals surface area contributed by atoms with Crippen molar-refractivity contribution in [3.63, 3.8) is 0 Å². The molecule has 0 saturated carbocycles. The number of likely N-dealkylation sites (tertiary alicyclic amines) is 1. The number of rotatable bonds is 3. The minimum Gasteiger partial charge on any atom is -0.507 e. The van der Waals surface area contributed by atoms with E-state index in [2.05, 4.69) is 0 Å². The van der Waals surface area contributed by atoms with Gasteiger partial charge in [0.05, 0.1) is 9.74 Å². The van der Waals surface area contributed by atoms with Crippen LogP contribution >= 0.6 is 24.0 Å². The van der Waals surface area contributed by atoms with E-state index in [1.807, 2.05) is 6.26 Å². The fourth-order valence-corrected chi connectivity index (χ4v) is 3.75. The predicted molar refractivity (Wildman–Crippen MR) is 86.2 cm³/mol. The fourth-order valence-electron chi connectivity index (χ4n) is 2.50. The summed E-state index contributed by atoms with van der Waals surface area (Å²) in [6, 6.07) is 3.84. The molecule has 7 heteroatoms. The molecule has 114 valence electrons. The number of phenolic OH excluding ortho intramolecular Hbond substituents is 1. The van der Waals surface area contributed by atoms with Gasteiger partial charge in [0.25, 0.3) is 5.91 Å². The zero-order valence-corrected chi connectivity index (χ0v) is 13.3. The van der Waals surface area contributed by atoms with Crippen molar-refractivity contribution in [2.75, 3.05) is 19.3 Å². The van der Waals surface area contributed by atoms with Crippen LogP contribution in [0.2, 0.25) is 0 Å². The first kappa shape index (κ1) is 16.0. The molecular formula is C14H17FN2O2S2. The molecule has 2 rings (SSSR count). The summed E-state index contributed by atoms with van der Waals surface area (Å²) in [4.78, 5) is 14.3. The molecule has 0 bridgehead atoms. The van der Waals surface area contributed by atoms with Gasteiger partial charge in [-0.25, -0.2) is 4.39 Å². The van der Waals surface area contributed by atoms with Gasteiger partial charge in [0.2, 0.25) is 0 Å². The summed E-state index contributed by atoms with van der Waals surface area (Å²) < 4.78 is 13.4. The lowest BCUT2D eigenvalue weighted by Crippen LogP contribution is -2.50. The lowest BCUT2D eigenvalue weighted by atomic mass is 9.95. The van der Waals surface area contributed by atoms with Crippen LogP contribution in [-0.2, 0) is 0 Å². The van der Waals surface area contributed by atoms with Crippen LogP contribution < -0.4 is 5.73 Å². The van der Waals surface area contributed by atoms with Crippen LogP contribution in [-0.4, -0.2) is 45.0 Å². The quantitative estimate of drug-likeness (QED) is 0.832. The van der Waals surface area contributed by atoms with Crippen LogP contribution in [0.25, 0.3) is 0 Å². The molecule has 0 spiro atoms. The number of nitrogens with two attached hydrogens (primary N) is 1. The topological polar surface area (TPSA) is 66.6 Å². The van der Waals surface area contributed by atoms with E-state index in [1.165, 1.54) is 17.0 Å². The second kappa shape index (κ2) is 6.19. The Kier molecular flexibility index (Phi) is 4.73.